The summed E-state index contributed by atoms with van der Waals surface area (Å²) in [7, 11) is 1.61. The van der Waals surface area contributed by atoms with E-state index < -0.39 is 5.41 Å². The van der Waals surface area contributed by atoms with E-state index in [9.17, 15) is 9.59 Å². The first-order chi connectivity index (χ1) is 9.41. The van der Waals surface area contributed by atoms with Gasteiger partial charge in [0.2, 0.25) is 5.91 Å². The van der Waals surface area contributed by atoms with Crippen LogP contribution in [0.25, 0.3) is 0 Å². The normalized spacial score (nSPS) is 22.1. The number of nitrogens with zero attached hydrogens (tertiary/aromatic N) is 3. The van der Waals surface area contributed by atoms with E-state index in [4.69, 9.17) is 5.73 Å². The summed E-state index contributed by atoms with van der Waals surface area (Å²) in [6.45, 7) is 5.39. The molecule has 7 heteroatoms. The van der Waals surface area contributed by atoms with E-state index in [0.29, 0.717) is 31.7 Å². The van der Waals surface area contributed by atoms with E-state index in [1.165, 1.54) is 0 Å². The highest BCUT2D eigenvalue weighted by Crippen LogP contribution is 2.31. The highest BCUT2D eigenvalue weighted by Gasteiger charge is 2.42. The zero-order chi connectivity index (χ0) is 14.9. The van der Waals surface area contributed by atoms with Crippen molar-refractivity contribution in [2.45, 2.75) is 26.8 Å². The molecule has 1 aromatic rings. The lowest BCUT2D eigenvalue weighted by Crippen LogP contribution is -2.40. The van der Waals surface area contributed by atoms with Gasteiger partial charge in [0.25, 0.3) is 5.91 Å². The van der Waals surface area contributed by atoms with Crippen LogP contribution in [-0.2, 0) is 11.3 Å². The van der Waals surface area contributed by atoms with Crippen molar-refractivity contribution in [1.82, 2.24) is 20.0 Å². The quantitative estimate of drug-likeness (QED) is 0.819. The van der Waals surface area contributed by atoms with Gasteiger partial charge in [-0.3, -0.25) is 14.3 Å². The van der Waals surface area contributed by atoms with Crippen LogP contribution in [0.15, 0.2) is 6.20 Å². The lowest BCUT2D eigenvalue weighted by Gasteiger charge is -2.22. The van der Waals surface area contributed by atoms with Gasteiger partial charge in [-0.05, 0) is 20.3 Å². The van der Waals surface area contributed by atoms with Crippen LogP contribution in [0.2, 0.25) is 0 Å². The van der Waals surface area contributed by atoms with Gasteiger partial charge in [0, 0.05) is 32.9 Å². The topological polar surface area (TPSA) is 93.2 Å². The van der Waals surface area contributed by atoms with Crippen LogP contribution in [0.5, 0.6) is 0 Å². The van der Waals surface area contributed by atoms with Crippen molar-refractivity contribution in [2.24, 2.45) is 5.41 Å². The van der Waals surface area contributed by atoms with Crippen LogP contribution in [-0.4, -0.2) is 46.6 Å². The second-order valence-corrected chi connectivity index (χ2v) is 5.41. The molecular weight excluding hydrogens is 258 g/mol. The van der Waals surface area contributed by atoms with E-state index in [2.05, 4.69) is 10.4 Å². The first kappa shape index (κ1) is 14.4. The molecule has 2 heterocycles. The van der Waals surface area contributed by atoms with E-state index in [-0.39, 0.29) is 17.5 Å². The van der Waals surface area contributed by atoms with Gasteiger partial charge >= 0.3 is 0 Å². The van der Waals surface area contributed by atoms with Gasteiger partial charge in [0.1, 0.15) is 0 Å². The number of aryl methyl sites for hydroxylation is 1. The van der Waals surface area contributed by atoms with E-state index in [0.717, 1.165) is 0 Å². The van der Waals surface area contributed by atoms with Gasteiger partial charge in [-0.25, -0.2) is 0 Å². The number of hydrogen-bond donors (Lipinski definition) is 2. The van der Waals surface area contributed by atoms with Gasteiger partial charge in [0.05, 0.1) is 11.1 Å². The highest BCUT2D eigenvalue weighted by atomic mass is 16.2. The maximum atomic E-state index is 12.4. The molecule has 1 unspecified atom stereocenters. The van der Waals surface area contributed by atoms with Gasteiger partial charge in [0.15, 0.2) is 5.69 Å². The standard InChI is InChI=1S/C13H21N5O2/c1-4-18-7-9(14)10(16-18)11(19)17-6-5-13(2,8-17)12(20)15-3/h7H,4-6,8,14H2,1-3H3,(H,15,20). The monoisotopic (exact) mass is 279 g/mol. The predicted molar refractivity (Wildman–Crippen MR) is 75.0 cm³/mol. The number of nitrogens with one attached hydrogen (secondary N) is 1. The predicted octanol–water partition coefficient (Wildman–Crippen LogP) is 0.0834. The van der Waals surface area contributed by atoms with Crippen LogP contribution in [0, 0.1) is 5.41 Å². The van der Waals surface area contributed by atoms with Crippen LogP contribution >= 0.6 is 0 Å². The number of likely N-dealkylation sites (tertiary alicyclic amines) is 1. The minimum atomic E-state index is -0.535. The molecule has 20 heavy (non-hydrogen) atoms. The molecule has 2 amide bonds. The van der Waals surface area contributed by atoms with Gasteiger partial charge in [-0.15, -0.1) is 0 Å². The lowest BCUT2D eigenvalue weighted by atomic mass is 9.89. The summed E-state index contributed by atoms with van der Waals surface area (Å²) in [6, 6.07) is 0. The molecule has 0 aliphatic carbocycles. The SMILES string of the molecule is CCn1cc(N)c(C(=O)N2CCC(C)(C(=O)NC)C2)n1. The third kappa shape index (κ3) is 2.35. The number of amides is 2. The second kappa shape index (κ2) is 5.15. The van der Waals surface area contributed by atoms with Crippen LogP contribution in [0.3, 0.4) is 0 Å². The summed E-state index contributed by atoms with van der Waals surface area (Å²) in [4.78, 5) is 25.9. The lowest BCUT2D eigenvalue weighted by molar-refractivity contribution is -0.128. The zero-order valence-electron chi connectivity index (χ0n) is 12.1. The van der Waals surface area contributed by atoms with Crippen molar-refractivity contribution in [3.63, 3.8) is 0 Å². The second-order valence-electron chi connectivity index (χ2n) is 5.41. The number of nitrogen functional groups attached to an aromatic ring is 1. The molecular formula is C13H21N5O2. The average molecular weight is 279 g/mol. The molecule has 1 aliphatic heterocycles. The summed E-state index contributed by atoms with van der Waals surface area (Å²) in [5.41, 5.74) is 5.94. The summed E-state index contributed by atoms with van der Waals surface area (Å²) in [5, 5.41) is 6.84. The van der Waals surface area contributed by atoms with Crippen molar-refractivity contribution in [1.29, 1.82) is 0 Å². The molecule has 0 bridgehead atoms. The number of aromatic nitrogens is 2. The third-order valence-corrected chi connectivity index (χ3v) is 3.85. The first-order valence-corrected chi connectivity index (χ1v) is 6.75. The number of carbonyl (C=O) groups is 2. The Balaban J connectivity index is 2.15. The molecule has 0 saturated carbocycles. The molecule has 0 spiro atoms. The molecule has 1 aliphatic rings. The van der Waals surface area contributed by atoms with E-state index in [1.807, 2.05) is 13.8 Å². The van der Waals surface area contributed by atoms with Crippen molar-refractivity contribution in [3.8, 4) is 0 Å². The molecule has 1 atom stereocenters. The van der Waals surface area contributed by atoms with Gasteiger partial charge in [-0.1, -0.05) is 0 Å². The third-order valence-electron chi connectivity index (χ3n) is 3.85. The van der Waals surface area contributed by atoms with Crippen molar-refractivity contribution in [2.75, 3.05) is 25.9 Å². The van der Waals surface area contributed by atoms with Crippen LogP contribution < -0.4 is 11.1 Å². The summed E-state index contributed by atoms with van der Waals surface area (Å²) in [5.74, 6) is -0.248. The molecule has 110 valence electrons. The van der Waals surface area contributed by atoms with Crippen LogP contribution in [0.4, 0.5) is 5.69 Å². The average Bonchev–Trinajstić information content (AvgIpc) is 3.01. The summed E-state index contributed by atoms with van der Waals surface area (Å²) < 4.78 is 1.64. The van der Waals surface area contributed by atoms with Gasteiger partial charge in [-0.2, -0.15) is 5.10 Å². The Kier molecular flexibility index (Phi) is 3.69. The molecule has 3 N–H and O–H groups in total. The number of rotatable bonds is 3. The highest BCUT2D eigenvalue weighted by molar-refractivity contribution is 5.98. The molecule has 1 aromatic heterocycles. The van der Waals surface area contributed by atoms with Crippen molar-refractivity contribution < 1.29 is 9.59 Å². The molecule has 0 radical (unpaired) electrons. The van der Waals surface area contributed by atoms with Gasteiger partial charge < -0.3 is 16.0 Å². The molecule has 7 nitrogen and oxygen atoms in total. The number of carbonyl (C=O) groups excluding carboxylic acids is 2. The molecule has 1 saturated heterocycles. The smallest absolute Gasteiger partial charge is 0.276 e. The fraction of sp³-hybridized carbons (Fsp3) is 0.615. The Hall–Kier alpha value is -2.05. The Morgan fingerprint density at radius 2 is 2.25 bits per heavy atom. The van der Waals surface area contributed by atoms with Crippen LogP contribution in [0.1, 0.15) is 30.8 Å². The maximum Gasteiger partial charge on any atom is 0.276 e. The molecule has 2 rings (SSSR count). The minimum absolute atomic E-state index is 0.0418. The van der Waals surface area contributed by atoms with E-state index in [1.54, 1.807) is 22.8 Å². The number of anilines is 1. The molecule has 1 fully saturated rings. The molecule has 0 aromatic carbocycles. The largest absolute Gasteiger partial charge is 0.396 e. The van der Waals surface area contributed by atoms with Crippen molar-refractivity contribution in [3.05, 3.63) is 11.9 Å². The Bertz CT molecular complexity index is 539. The Morgan fingerprint density at radius 3 is 2.80 bits per heavy atom. The van der Waals surface area contributed by atoms with Crippen molar-refractivity contribution >= 4 is 17.5 Å². The Labute approximate surface area is 118 Å². The van der Waals surface area contributed by atoms with E-state index >= 15 is 0 Å². The fourth-order valence-corrected chi connectivity index (χ4v) is 2.54. The Morgan fingerprint density at radius 1 is 1.55 bits per heavy atom. The minimum Gasteiger partial charge on any atom is -0.396 e. The number of hydrogen-bond acceptors (Lipinski definition) is 4. The number of nitrogens with two attached hydrogens (primary N) is 1. The zero-order valence-corrected chi connectivity index (χ0v) is 12.1. The first-order valence-electron chi connectivity index (χ1n) is 6.75. The maximum absolute atomic E-state index is 12.4. The fourth-order valence-electron chi connectivity index (χ4n) is 2.54. The summed E-state index contributed by atoms with van der Waals surface area (Å²) >= 11 is 0. The summed E-state index contributed by atoms with van der Waals surface area (Å²) in [6.07, 6.45) is 2.30.